The summed E-state index contributed by atoms with van der Waals surface area (Å²) in [6.45, 7) is 2.83. The van der Waals surface area contributed by atoms with E-state index in [4.69, 9.17) is 9.47 Å². The molecule has 3 atom stereocenters. The molecule has 3 unspecified atom stereocenters. The van der Waals surface area contributed by atoms with Gasteiger partial charge in [0.2, 0.25) is 0 Å². The fourth-order valence-corrected chi connectivity index (χ4v) is 2.74. The van der Waals surface area contributed by atoms with E-state index in [0.717, 1.165) is 13.0 Å². The van der Waals surface area contributed by atoms with Crippen LogP contribution in [0.1, 0.15) is 18.9 Å². The number of ether oxygens (including phenoxy) is 2. The molecule has 0 aromatic heterocycles. The van der Waals surface area contributed by atoms with E-state index in [0.29, 0.717) is 29.8 Å². The normalized spacial score (nSPS) is 24.4. The monoisotopic (exact) mass is 267 g/mol. The number of nitrogens with one attached hydrogen (secondary N) is 1. The van der Waals surface area contributed by atoms with Crippen LogP contribution in [0.2, 0.25) is 0 Å². The van der Waals surface area contributed by atoms with Gasteiger partial charge in [-0.3, -0.25) is 0 Å². The quantitative estimate of drug-likeness (QED) is 0.888. The number of rotatable bonds is 5. The van der Waals surface area contributed by atoms with Gasteiger partial charge in [0.1, 0.15) is 0 Å². The molecule has 0 spiro atoms. The van der Waals surface area contributed by atoms with E-state index in [2.05, 4.69) is 12.2 Å². The molecule has 2 rings (SSSR count). The molecule has 1 aromatic rings. The third-order valence-corrected chi connectivity index (χ3v) is 3.87. The molecule has 0 bridgehead atoms. The lowest BCUT2D eigenvalue weighted by atomic mass is 9.91. The van der Waals surface area contributed by atoms with Crippen LogP contribution in [-0.2, 0) is 11.2 Å². The smallest absolute Gasteiger partial charge is 0.168 e. The van der Waals surface area contributed by atoms with Crippen LogP contribution in [0, 0.1) is 11.7 Å². The van der Waals surface area contributed by atoms with Crippen molar-refractivity contribution in [2.45, 2.75) is 31.9 Å². The zero-order valence-electron chi connectivity index (χ0n) is 11.8. The summed E-state index contributed by atoms with van der Waals surface area (Å²) in [5.74, 6) is 0.492. The Morgan fingerprint density at radius 1 is 1.53 bits per heavy atom. The van der Waals surface area contributed by atoms with E-state index in [1.165, 1.54) is 7.11 Å². The van der Waals surface area contributed by atoms with Crippen molar-refractivity contribution >= 4 is 0 Å². The highest BCUT2D eigenvalue weighted by Crippen LogP contribution is 2.27. The van der Waals surface area contributed by atoms with Crippen molar-refractivity contribution in [1.29, 1.82) is 0 Å². The molecule has 1 saturated heterocycles. The van der Waals surface area contributed by atoms with Crippen LogP contribution in [0.4, 0.5) is 4.39 Å². The van der Waals surface area contributed by atoms with Crippen LogP contribution in [-0.4, -0.2) is 32.9 Å². The maximum absolute atomic E-state index is 14.1. The van der Waals surface area contributed by atoms with Gasteiger partial charge in [-0.2, -0.15) is 0 Å². The molecule has 19 heavy (non-hydrogen) atoms. The SMILES string of the molecule is CNC(Cc1cccc(OC)c1F)C1COC(C)C1. The second kappa shape index (κ2) is 6.35. The first-order chi connectivity index (χ1) is 9.15. The first kappa shape index (κ1) is 14.3. The fraction of sp³-hybridized carbons (Fsp3) is 0.600. The highest BCUT2D eigenvalue weighted by atomic mass is 19.1. The highest BCUT2D eigenvalue weighted by molar-refractivity contribution is 5.31. The maximum atomic E-state index is 14.1. The summed E-state index contributed by atoms with van der Waals surface area (Å²) in [6.07, 6.45) is 1.98. The number of hydrogen-bond donors (Lipinski definition) is 1. The molecule has 1 heterocycles. The van der Waals surface area contributed by atoms with E-state index in [9.17, 15) is 4.39 Å². The molecule has 106 valence electrons. The molecule has 4 heteroatoms. The Hall–Kier alpha value is -1.13. The number of benzene rings is 1. The topological polar surface area (TPSA) is 30.5 Å². The Morgan fingerprint density at radius 2 is 2.32 bits per heavy atom. The van der Waals surface area contributed by atoms with Crippen LogP contribution < -0.4 is 10.1 Å². The minimum atomic E-state index is -0.253. The standard InChI is InChI=1S/C15H22FNO2/c1-10-7-12(9-19-10)13(17-2)8-11-5-4-6-14(18-3)15(11)16/h4-6,10,12-13,17H,7-9H2,1-3H3. The molecule has 1 N–H and O–H groups in total. The van der Waals surface area contributed by atoms with Crippen molar-refractivity contribution in [2.24, 2.45) is 5.92 Å². The molecule has 3 nitrogen and oxygen atoms in total. The lowest BCUT2D eigenvalue weighted by Crippen LogP contribution is -2.36. The molecule has 0 radical (unpaired) electrons. The summed E-state index contributed by atoms with van der Waals surface area (Å²) in [4.78, 5) is 0. The third kappa shape index (κ3) is 3.25. The van der Waals surface area contributed by atoms with Crippen LogP contribution in [0.3, 0.4) is 0 Å². The largest absolute Gasteiger partial charge is 0.494 e. The van der Waals surface area contributed by atoms with E-state index in [1.807, 2.05) is 19.2 Å². The average molecular weight is 267 g/mol. The zero-order valence-corrected chi connectivity index (χ0v) is 11.8. The zero-order chi connectivity index (χ0) is 13.8. The minimum absolute atomic E-state index is 0.228. The lowest BCUT2D eigenvalue weighted by molar-refractivity contribution is 0.117. The lowest BCUT2D eigenvalue weighted by Gasteiger charge is -2.22. The van der Waals surface area contributed by atoms with Gasteiger partial charge in [-0.15, -0.1) is 0 Å². The molecule has 0 saturated carbocycles. The van der Waals surface area contributed by atoms with Gasteiger partial charge in [0.15, 0.2) is 11.6 Å². The summed E-state index contributed by atoms with van der Waals surface area (Å²) in [6, 6.07) is 5.53. The van der Waals surface area contributed by atoms with Crippen LogP contribution in [0.15, 0.2) is 18.2 Å². The van der Waals surface area contributed by atoms with E-state index >= 15 is 0 Å². The molecule has 1 aliphatic heterocycles. The Bertz CT molecular complexity index is 425. The molecule has 0 amide bonds. The van der Waals surface area contributed by atoms with Crippen molar-refractivity contribution in [1.82, 2.24) is 5.32 Å². The molecule has 1 aromatic carbocycles. The number of likely N-dealkylation sites (N-methyl/N-ethyl adjacent to an activating group) is 1. The molecule has 1 fully saturated rings. The Kier molecular flexibility index (Phi) is 4.77. The highest BCUT2D eigenvalue weighted by Gasteiger charge is 2.29. The van der Waals surface area contributed by atoms with Gasteiger partial charge in [-0.25, -0.2) is 4.39 Å². The summed E-state index contributed by atoms with van der Waals surface area (Å²) in [7, 11) is 3.41. The first-order valence-corrected chi connectivity index (χ1v) is 6.76. The van der Waals surface area contributed by atoms with Gasteiger partial charge < -0.3 is 14.8 Å². The van der Waals surface area contributed by atoms with E-state index in [1.54, 1.807) is 6.07 Å². The summed E-state index contributed by atoms with van der Waals surface area (Å²) >= 11 is 0. The third-order valence-electron chi connectivity index (χ3n) is 3.87. The van der Waals surface area contributed by atoms with Crippen LogP contribution in [0.25, 0.3) is 0 Å². The molecule has 1 aliphatic rings. The van der Waals surface area contributed by atoms with Gasteiger partial charge in [-0.1, -0.05) is 12.1 Å². The Morgan fingerprint density at radius 3 is 2.89 bits per heavy atom. The Balaban J connectivity index is 2.10. The predicted molar refractivity (Wildman–Crippen MR) is 73.0 cm³/mol. The van der Waals surface area contributed by atoms with Crippen LogP contribution in [0.5, 0.6) is 5.75 Å². The van der Waals surface area contributed by atoms with Crippen molar-refractivity contribution in [3.05, 3.63) is 29.6 Å². The van der Waals surface area contributed by atoms with E-state index in [-0.39, 0.29) is 11.9 Å². The summed E-state index contributed by atoms with van der Waals surface area (Å²) in [5.41, 5.74) is 0.693. The number of methoxy groups -OCH3 is 1. The van der Waals surface area contributed by atoms with Crippen molar-refractivity contribution < 1.29 is 13.9 Å². The van der Waals surface area contributed by atoms with Gasteiger partial charge in [0, 0.05) is 12.0 Å². The summed E-state index contributed by atoms with van der Waals surface area (Å²) < 4.78 is 24.8. The van der Waals surface area contributed by atoms with E-state index < -0.39 is 0 Å². The predicted octanol–water partition coefficient (Wildman–Crippen LogP) is 2.39. The van der Waals surface area contributed by atoms with Gasteiger partial charge in [-0.05, 0) is 38.4 Å². The van der Waals surface area contributed by atoms with Crippen molar-refractivity contribution in [3.63, 3.8) is 0 Å². The molecule has 0 aliphatic carbocycles. The second-order valence-corrected chi connectivity index (χ2v) is 5.17. The van der Waals surface area contributed by atoms with Crippen molar-refractivity contribution in [3.8, 4) is 5.75 Å². The first-order valence-electron chi connectivity index (χ1n) is 6.76. The van der Waals surface area contributed by atoms with Crippen molar-refractivity contribution in [2.75, 3.05) is 20.8 Å². The van der Waals surface area contributed by atoms with Crippen LogP contribution >= 0.6 is 0 Å². The average Bonchev–Trinajstić information content (AvgIpc) is 2.84. The number of halogens is 1. The van der Waals surface area contributed by atoms with Gasteiger partial charge in [0.25, 0.3) is 0 Å². The van der Waals surface area contributed by atoms with Gasteiger partial charge >= 0.3 is 0 Å². The number of hydrogen-bond acceptors (Lipinski definition) is 3. The maximum Gasteiger partial charge on any atom is 0.168 e. The second-order valence-electron chi connectivity index (χ2n) is 5.17. The molecular formula is C15H22FNO2. The summed E-state index contributed by atoms with van der Waals surface area (Å²) in [5, 5.41) is 3.29. The fourth-order valence-electron chi connectivity index (χ4n) is 2.74. The molecular weight excluding hydrogens is 245 g/mol. The Labute approximate surface area is 114 Å². The van der Waals surface area contributed by atoms with Gasteiger partial charge in [0.05, 0.1) is 19.8 Å². The minimum Gasteiger partial charge on any atom is -0.494 e.